The molecule has 1 N–H and O–H groups in total. The van der Waals surface area contributed by atoms with Crippen molar-refractivity contribution in [2.24, 2.45) is 0 Å². The third kappa shape index (κ3) is 3.40. The van der Waals surface area contributed by atoms with Crippen molar-refractivity contribution in [3.8, 4) is 0 Å². The zero-order chi connectivity index (χ0) is 11.2. The summed E-state index contributed by atoms with van der Waals surface area (Å²) in [6.45, 7) is 2.39. The number of hydrogen-bond acceptors (Lipinski definition) is 6. The van der Waals surface area contributed by atoms with Crippen LogP contribution in [-0.4, -0.2) is 42.3 Å². The van der Waals surface area contributed by atoms with Crippen molar-refractivity contribution in [3.05, 3.63) is 5.82 Å². The molecule has 1 aromatic rings. The molecule has 0 saturated carbocycles. The molecule has 1 fully saturated rings. The van der Waals surface area contributed by atoms with Gasteiger partial charge in [0.2, 0.25) is 5.13 Å². The minimum absolute atomic E-state index is 0.339. The topological polar surface area (TPSA) is 56.3 Å². The third-order valence-electron chi connectivity index (χ3n) is 2.50. The summed E-state index contributed by atoms with van der Waals surface area (Å²) in [4.78, 5) is 4.37. The average molecular weight is 243 g/mol. The molecule has 0 bridgehead atoms. The zero-order valence-electron chi connectivity index (χ0n) is 9.44. The van der Waals surface area contributed by atoms with E-state index in [4.69, 9.17) is 9.47 Å². The van der Waals surface area contributed by atoms with Gasteiger partial charge in [-0.05, 0) is 12.8 Å². The van der Waals surface area contributed by atoms with Crippen molar-refractivity contribution >= 4 is 16.7 Å². The van der Waals surface area contributed by atoms with Gasteiger partial charge in [0.1, 0.15) is 5.82 Å². The summed E-state index contributed by atoms with van der Waals surface area (Å²) in [7, 11) is 1.68. The molecule has 0 aromatic carbocycles. The van der Waals surface area contributed by atoms with E-state index in [9.17, 15) is 0 Å². The van der Waals surface area contributed by atoms with Gasteiger partial charge in [-0.3, -0.25) is 0 Å². The van der Waals surface area contributed by atoms with Crippen molar-refractivity contribution < 1.29 is 9.47 Å². The molecule has 2 heterocycles. The lowest BCUT2D eigenvalue weighted by atomic mass is 10.2. The molecule has 1 atom stereocenters. The molecule has 2 rings (SSSR count). The van der Waals surface area contributed by atoms with Crippen LogP contribution in [0.25, 0.3) is 0 Å². The van der Waals surface area contributed by atoms with E-state index in [1.807, 2.05) is 0 Å². The van der Waals surface area contributed by atoms with Gasteiger partial charge in [0, 0.05) is 38.2 Å². The van der Waals surface area contributed by atoms with E-state index < -0.39 is 0 Å². The predicted octanol–water partition coefficient (Wildman–Crippen LogP) is 1.32. The number of aromatic nitrogens is 2. The fourth-order valence-corrected chi connectivity index (χ4v) is 2.25. The van der Waals surface area contributed by atoms with Crippen molar-refractivity contribution in [2.45, 2.75) is 25.4 Å². The predicted molar refractivity (Wildman–Crippen MR) is 63.0 cm³/mol. The monoisotopic (exact) mass is 243 g/mol. The summed E-state index contributed by atoms with van der Waals surface area (Å²) in [5, 5.41) is 4.14. The van der Waals surface area contributed by atoms with Crippen LogP contribution in [0.5, 0.6) is 0 Å². The van der Waals surface area contributed by atoms with Crippen LogP contribution in [0.2, 0.25) is 0 Å². The molecular weight excluding hydrogens is 226 g/mol. The molecule has 0 spiro atoms. The van der Waals surface area contributed by atoms with E-state index in [-0.39, 0.29) is 0 Å². The molecule has 0 aliphatic carbocycles. The van der Waals surface area contributed by atoms with Crippen LogP contribution in [-0.2, 0) is 15.9 Å². The van der Waals surface area contributed by atoms with E-state index in [0.717, 1.165) is 36.9 Å². The SMILES string of the molecule is COCCc1nsc(NCC2CCCO2)n1. The van der Waals surface area contributed by atoms with Crippen LogP contribution < -0.4 is 5.32 Å². The normalized spacial score (nSPS) is 20.2. The Morgan fingerprint density at radius 1 is 1.62 bits per heavy atom. The quantitative estimate of drug-likeness (QED) is 0.816. The van der Waals surface area contributed by atoms with Crippen LogP contribution in [0.15, 0.2) is 0 Å². The van der Waals surface area contributed by atoms with E-state index in [2.05, 4.69) is 14.7 Å². The summed E-state index contributed by atoms with van der Waals surface area (Å²) in [5.41, 5.74) is 0. The van der Waals surface area contributed by atoms with Gasteiger partial charge in [0.25, 0.3) is 0 Å². The van der Waals surface area contributed by atoms with Crippen LogP contribution >= 0.6 is 11.5 Å². The standard InChI is InChI=1S/C10H17N3O2S/c1-14-6-4-9-12-10(16-13-9)11-7-8-3-2-5-15-8/h8H,2-7H2,1H3,(H,11,12,13). The number of anilines is 1. The Balaban J connectivity index is 1.73. The number of methoxy groups -OCH3 is 1. The minimum Gasteiger partial charge on any atom is -0.384 e. The summed E-state index contributed by atoms with van der Waals surface area (Å²) < 4.78 is 14.7. The van der Waals surface area contributed by atoms with Gasteiger partial charge in [-0.1, -0.05) is 0 Å². The second-order valence-electron chi connectivity index (χ2n) is 3.77. The van der Waals surface area contributed by atoms with Gasteiger partial charge in [0.15, 0.2) is 0 Å². The first-order chi connectivity index (χ1) is 7.88. The molecule has 1 aliphatic heterocycles. The Morgan fingerprint density at radius 3 is 3.31 bits per heavy atom. The summed E-state index contributed by atoms with van der Waals surface area (Å²) in [6.07, 6.45) is 3.42. The molecule has 1 saturated heterocycles. The minimum atomic E-state index is 0.339. The molecule has 1 aliphatic rings. The highest BCUT2D eigenvalue weighted by molar-refractivity contribution is 7.09. The smallest absolute Gasteiger partial charge is 0.202 e. The number of nitrogens with one attached hydrogen (secondary N) is 1. The van der Waals surface area contributed by atoms with Crippen molar-refractivity contribution in [2.75, 3.05) is 32.2 Å². The fourth-order valence-electron chi connectivity index (χ4n) is 1.63. The van der Waals surface area contributed by atoms with Gasteiger partial charge < -0.3 is 14.8 Å². The Kier molecular flexibility index (Phi) is 4.50. The summed E-state index contributed by atoms with van der Waals surface area (Å²) in [5.74, 6) is 0.849. The summed E-state index contributed by atoms with van der Waals surface area (Å²) >= 11 is 1.40. The van der Waals surface area contributed by atoms with E-state index in [0.29, 0.717) is 12.7 Å². The number of hydrogen-bond donors (Lipinski definition) is 1. The lowest BCUT2D eigenvalue weighted by Crippen LogP contribution is -2.18. The van der Waals surface area contributed by atoms with Crippen molar-refractivity contribution in [1.82, 2.24) is 9.36 Å². The second kappa shape index (κ2) is 6.12. The van der Waals surface area contributed by atoms with Gasteiger partial charge in [-0.15, -0.1) is 0 Å². The molecule has 0 amide bonds. The lowest BCUT2D eigenvalue weighted by molar-refractivity contribution is 0.120. The first-order valence-electron chi connectivity index (χ1n) is 5.55. The lowest BCUT2D eigenvalue weighted by Gasteiger charge is -2.08. The number of rotatable bonds is 6. The third-order valence-corrected chi connectivity index (χ3v) is 3.21. The fraction of sp³-hybridized carbons (Fsp3) is 0.800. The Labute approximate surface area is 99.3 Å². The molecule has 1 unspecified atom stereocenters. The zero-order valence-corrected chi connectivity index (χ0v) is 10.3. The Morgan fingerprint density at radius 2 is 2.56 bits per heavy atom. The van der Waals surface area contributed by atoms with E-state index in [1.165, 1.54) is 18.0 Å². The van der Waals surface area contributed by atoms with Crippen LogP contribution in [0, 0.1) is 0 Å². The van der Waals surface area contributed by atoms with Crippen molar-refractivity contribution in [3.63, 3.8) is 0 Å². The molecular formula is C10H17N3O2S. The van der Waals surface area contributed by atoms with Gasteiger partial charge in [-0.2, -0.15) is 4.37 Å². The van der Waals surface area contributed by atoms with Gasteiger partial charge in [-0.25, -0.2) is 4.98 Å². The largest absolute Gasteiger partial charge is 0.384 e. The first-order valence-corrected chi connectivity index (χ1v) is 6.33. The van der Waals surface area contributed by atoms with E-state index in [1.54, 1.807) is 7.11 Å². The molecule has 0 radical (unpaired) electrons. The highest BCUT2D eigenvalue weighted by Gasteiger charge is 2.15. The Hall–Kier alpha value is -0.720. The average Bonchev–Trinajstić information content (AvgIpc) is 2.95. The molecule has 1 aromatic heterocycles. The highest BCUT2D eigenvalue weighted by atomic mass is 32.1. The van der Waals surface area contributed by atoms with Crippen molar-refractivity contribution in [1.29, 1.82) is 0 Å². The highest BCUT2D eigenvalue weighted by Crippen LogP contribution is 2.15. The second-order valence-corrected chi connectivity index (χ2v) is 4.53. The van der Waals surface area contributed by atoms with Crippen LogP contribution in [0.1, 0.15) is 18.7 Å². The number of nitrogens with zero attached hydrogens (tertiary/aromatic N) is 2. The molecule has 16 heavy (non-hydrogen) atoms. The van der Waals surface area contributed by atoms with Gasteiger partial charge >= 0.3 is 0 Å². The van der Waals surface area contributed by atoms with E-state index >= 15 is 0 Å². The maximum absolute atomic E-state index is 5.52. The Bertz CT molecular complexity index is 313. The molecule has 6 heteroatoms. The number of ether oxygens (including phenoxy) is 2. The van der Waals surface area contributed by atoms with Gasteiger partial charge in [0.05, 0.1) is 12.7 Å². The maximum Gasteiger partial charge on any atom is 0.202 e. The molecule has 90 valence electrons. The van der Waals surface area contributed by atoms with Crippen LogP contribution in [0.3, 0.4) is 0 Å². The maximum atomic E-state index is 5.52. The molecule has 5 nitrogen and oxygen atoms in total. The van der Waals surface area contributed by atoms with Crippen LogP contribution in [0.4, 0.5) is 5.13 Å². The summed E-state index contributed by atoms with van der Waals surface area (Å²) in [6, 6.07) is 0. The first kappa shape index (κ1) is 11.8.